The minimum Gasteiger partial charge on any atom is -0.460 e. The maximum absolute atomic E-state index is 13.1. The zero-order chi connectivity index (χ0) is 15.1. The quantitative estimate of drug-likeness (QED) is 0.655. The standard InChI is InChI=1S/C15H18ClFN2O2/c16-13-9-11(1-3-14(13)17)15-4-2-12(21-15)10-19-6-5-18-7-8-20/h1-4,9,18-20H,5-8,10H2. The highest BCUT2D eigenvalue weighted by molar-refractivity contribution is 6.31. The Kier molecular flexibility index (Phi) is 6.20. The molecule has 21 heavy (non-hydrogen) atoms. The molecule has 1 aromatic carbocycles. The molecular formula is C15H18ClFN2O2. The van der Waals surface area contributed by atoms with E-state index in [4.69, 9.17) is 21.1 Å². The van der Waals surface area contributed by atoms with Crippen LogP contribution in [0.4, 0.5) is 4.39 Å². The summed E-state index contributed by atoms with van der Waals surface area (Å²) in [7, 11) is 0. The molecule has 4 nitrogen and oxygen atoms in total. The molecule has 1 heterocycles. The SMILES string of the molecule is OCCNCCNCc1ccc(-c2ccc(F)c(Cl)c2)o1. The second kappa shape index (κ2) is 8.14. The van der Waals surface area contributed by atoms with Crippen LogP contribution >= 0.6 is 11.6 Å². The third kappa shape index (κ3) is 4.82. The Hall–Kier alpha value is -1.40. The monoisotopic (exact) mass is 312 g/mol. The van der Waals surface area contributed by atoms with Crippen molar-refractivity contribution >= 4 is 11.6 Å². The molecule has 0 spiro atoms. The first-order valence-electron chi connectivity index (χ1n) is 6.77. The van der Waals surface area contributed by atoms with Gasteiger partial charge in [-0.25, -0.2) is 4.39 Å². The summed E-state index contributed by atoms with van der Waals surface area (Å²) < 4.78 is 18.8. The minimum atomic E-state index is -0.441. The topological polar surface area (TPSA) is 57.4 Å². The molecule has 114 valence electrons. The van der Waals surface area contributed by atoms with E-state index in [2.05, 4.69) is 10.6 Å². The van der Waals surface area contributed by atoms with Gasteiger partial charge in [-0.05, 0) is 30.3 Å². The van der Waals surface area contributed by atoms with Crippen LogP contribution in [0.3, 0.4) is 0 Å². The number of aliphatic hydroxyl groups is 1. The highest BCUT2D eigenvalue weighted by Crippen LogP contribution is 2.26. The number of halogens is 2. The predicted octanol–water partition coefficient (Wildman–Crippen LogP) is 2.41. The van der Waals surface area contributed by atoms with Crippen LogP contribution in [0.25, 0.3) is 11.3 Å². The molecule has 0 aliphatic heterocycles. The number of benzene rings is 1. The van der Waals surface area contributed by atoms with Crippen molar-refractivity contribution in [2.75, 3.05) is 26.2 Å². The normalized spacial score (nSPS) is 11.0. The Morgan fingerprint density at radius 3 is 2.67 bits per heavy atom. The molecule has 0 saturated heterocycles. The summed E-state index contributed by atoms with van der Waals surface area (Å²) in [5.74, 6) is 1.02. The summed E-state index contributed by atoms with van der Waals surface area (Å²) >= 11 is 5.76. The van der Waals surface area contributed by atoms with Crippen LogP contribution in [0.15, 0.2) is 34.7 Å². The second-order valence-corrected chi connectivity index (χ2v) is 4.95. The van der Waals surface area contributed by atoms with Crippen LogP contribution in [-0.2, 0) is 6.54 Å². The van der Waals surface area contributed by atoms with Crippen molar-refractivity contribution < 1.29 is 13.9 Å². The number of rotatable bonds is 8. The van der Waals surface area contributed by atoms with Gasteiger partial charge in [-0.15, -0.1) is 0 Å². The van der Waals surface area contributed by atoms with E-state index < -0.39 is 5.82 Å². The minimum absolute atomic E-state index is 0.0820. The number of aliphatic hydroxyl groups excluding tert-OH is 1. The van der Waals surface area contributed by atoms with Crippen molar-refractivity contribution in [2.24, 2.45) is 0 Å². The van der Waals surface area contributed by atoms with Crippen molar-refractivity contribution in [3.05, 3.63) is 46.9 Å². The first-order chi connectivity index (χ1) is 10.2. The molecule has 0 bridgehead atoms. The number of hydrogen-bond donors (Lipinski definition) is 3. The molecule has 0 amide bonds. The van der Waals surface area contributed by atoms with E-state index in [1.165, 1.54) is 6.07 Å². The molecule has 0 radical (unpaired) electrons. The van der Waals surface area contributed by atoms with Gasteiger partial charge < -0.3 is 20.2 Å². The van der Waals surface area contributed by atoms with Gasteiger partial charge in [0.05, 0.1) is 18.2 Å². The Labute approximate surface area is 127 Å². The van der Waals surface area contributed by atoms with E-state index in [0.717, 1.165) is 24.4 Å². The highest BCUT2D eigenvalue weighted by atomic mass is 35.5. The molecule has 0 atom stereocenters. The average molecular weight is 313 g/mol. The van der Waals surface area contributed by atoms with Gasteiger partial charge >= 0.3 is 0 Å². The average Bonchev–Trinajstić information content (AvgIpc) is 2.94. The lowest BCUT2D eigenvalue weighted by molar-refractivity contribution is 0.292. The molecule has 2 rings (SSSR count). The van der Waals surface area contributed by atoms with E-state index in [1.54, 1.807) is 12.1 Å². The van der Waals surface area contributed by atoms with Crippen molar-refractivity contribution in [3.63, 3.8) is 0 Å². The molecule has 1 aromatic heterocycles. The van der Waals surface area contributed by atoms with E-state index in [1.807, 2.05) is 12.1 Å². The molecule has 0 unspecified atom stereocenters. The van der Waals surface area contributed by atoms with Crippen LogP contribution in [0.2, 0.25) is 5.02 Å². The zero-order valence-corrected chi connectivity index (χ0v) is 12.3. The summed E-state index contributed by atoms with van der Waals surface area (Å²) in [6.45, 7) is 2.90. The van der Waals surface area contributed by atoms with Gasteiger partial charge in [-0.1, -0.05) is 11.6 Å². The zero-order valence-electron chi connectivity index (χ0n) is 11.5. The maximum atomic E-state index is 13.1. The third-order valence-corrected chi connectivity index (χ3v) is 3.22. The summed E-state index contributed by atoms with van der Waals surface area (Å²) in [4.78, 5) is 0. The van der Waals surface area contributed by atoms with Gasteiger partial charge in [-0.3, -0.25) is 0 Å². The molecule has 0 fully saturated rings. The second-order valence-electron chi connectivity index (χ2n) is 4.55. The Bertz CT molecular complexity index is 575. The lowest BCUT2D eigenvalue weighted by atomic mass is 10.2. The van der Waals surface area contributed by atoms with Gasteiger partial charge in [-0.2, -0.15) is 0 Å². The number of hydrogen-bond acceptors (Lipinski definition) is 4. The van der Waals surface area contributed by atoms with Crippen molar-refractivity contribution in [1.82, 2.24) is 10.6 Å². The van der Waals surface area contributed by atoms with E-state index in [0.29, 0.717) is 18.8 Å². The molecule has 0 aliphatic rings. The van der Waals surface area contributed by atoms with Gasteiger partial charge in [0, 0.05) is 25.2 Å². The number of nitrogens with one attached hydrogen (secondary N) is 2. The van der Waals surface area contributed by atoms with E-state index in [-0.39, 0.29) is 11.6 Å². The molecule has 0 aliphatic carbocycles. The first kappa shape index (κ1) is 16.0. The summed E-state index contributed by atoms with van der Waals surface area (Å²) in [5.41, 5.74) is 0.747. The maximum Gasteiger partial charge on any atom is 0.141 e. The third-order valence-electron chi connectivity index (χ3n) is 2.93. The summed E-state index contributed by atoms with van der Waals surface area (Å²) in [5, 5.41) is 15.0. The first-order valence-corrected chi connectivity index (χ1v) is 7.15. The van der Waals surface area contributed by atoms with Crippen molar-refractivity contribution in [3.8, 4) is 11.3 Å². The van der Waals surface area contributed by atoms with Crippen molar-refractivity contribution in [2.45, 2.75) is 6.54 Å². The molecule has 2 aromatic rings. The lowest BCUT2D eigenvalue weighted by Crippen LogP contribution is -2.28. The molecule has 6 heteroatoms. The van der Waals surface area contributed by atoms with Crippen LogP contribution in [-0.4, -0.2) is 31.3 Å². The van der Waals surface area contributed by atoms with Crippen molar-refractivity contribution in [1.29, 1.82) is 0 Å². The van der Waals surface area contributed by atoms with Gasteiger partial charge in [0.15, 0.2) is 0 Å². The summed E-state index contributed by atoms with van der Waals surface area (Å²) in [6, 6.07) is 8.22. The fraction of sp³-hybridized carbons (Fsp3) is 0.333. The van der Waals surface area contributed by atoms with Crippen LogP contribution in [0.1, 0.15) is 5.76 Å². The number of furan rings is 1. The van der Waals surface area contributed by atoms with Crippen LogP contribution in [0.5, 0.6) is 0 Å². The fourth-order valence-corrected chi connectivity index (χ4v) is 2.05. The highest BCUT2D eigenvalue weighted by Gasteiger charge is 2.07. The molecule has 0 saturated carbocycles. The van der Waals surface area contributed by atoms with Gasteiger partial charge in [0.1, 0.15) is 17.3 Å². The molecular weight excluding hydrogens is 295 g/mol. The summed E-state index contributed by atoms with van der Waals surface area (Å²) in [6.07, 6.45) is 0. The largest absolute Gasteiger partial charge is 0.460 e. The van der Waals surface area contributed by atoms with Crippen LogP contribution in [0, 0.1) is 5.82 Å². The fourth-order valence-electron chi connectivity index (χ4n) is 1.87. The Balaban J connectivity index is 1.85. The van der Waals surface area contributed by atoms with Gasteiger partial charge in [0.2, 0.25) is 0 Å². The van der Waals surface area contributed by atoms with Gasteiger partial charge in [0.25, 0.3) is 0 Å². The molecule has 3 N–H and O–H groups in total. The predicted molar refractivity (Wildman–Crippen MR) is 80.8 cm³/mol. The van der Waals surface area contributed by atoms with Crippen LogP contribution < -0.4 is 10.6 Å². The van der Waals surface area contributed by atoms with E-state index in [9.17, 15) is 4.39 Å². The lowest BCUT2D eigenvalue weighted by Gasteiger charge is -2.04. The Morgan fingerprint density at radius 1 is 1.10 bits per heavy atom. The smallest absolute Gasteiger partial charge is 0.141 e. The van der Waals surface area contributed by atoms with E-state index >= 15 is 0 Å². The Morgan fingerprint density at radius 2 is 1.90 bits per heavy atom.